The van der Waals surface area contributed by atoms with Crippen molar-refractivity contribution < 1.29 is 14.4 Å². The van der Waals surface area contributed by atoms with Crippen LogP contribution in [0.25, 0.3) is 0 Å². The molecule has 0 bridgehead atoms. The summed E-state index contributed by atoms with van der Waals surface area (Å²) in [7, 11) is 1.61. The van der Waals surface area contributed by atoms with E-state index in [1.807, 2.05) is 0 Å². The maximum Gasteiger partial charge on any atom is 0.258 e. The standard InChI is InChI=1S/C16H14N2O3/c1-18(11-19)14-9-7-13(8-10-14)16(21)17-15(20)12-5-3-2-4-6-12/h2-11H,1H3,(H,17,20,21). The number of carbonyl (C=O) groups is 3. The molecule has 0 unspecified atom stereocenters. The molecule has 2 aromatic carbocycles. The van der Waals surface area contributed by atoms with Gasteiger partial charge in [-0.2, -0.15) is 0 Å². The van der Waals surface area contributed by atoms with Gasteiger partial charge in [-0.3, -0.25) is 19.7 Å². The SMILES string of the molecule is CN(C=O)c1ccc(C(=O)NC(=O)c2ccccc2)cc1. The van der Waals surface area contributed by atoms with Crippen molar-refractivity contribution in [2.24, 2.45) is 0 Å². The molecule has 2 rings (SSSR count). The van der Waals surface area contributed by atoms with Gasteiger partial charge in [-0.1, -0.05) is 18.2 Å². The van der Waals surface area contributed by atoms with Crippen LogP contribution < -0.4 is 10.2 Å². The first-order valence-electron chi connectivity index (χ1n) is 6.31. The van der Waals surface area contributed by atoms with Gasteiger partial charge < -0.3 is 4.90 Å². The first-order chi connectivity index (χ1) is 10.1. The smallest absolute Gasteiger partial charge is 0.258 e. The van der Waals surface area contributed by atoms with Crippen molar-refractivity contribution >= 4 is 23.9 Å². The molecule has 0 aliphatic rings. The third kappa shape index (κ3) is 3.54. The van der Waals surface area contributed by atoms with Gasteiger partial charge in [-0.05, 0) is 36.4 Å². The third-order valence-corrected chi connectivity index (χ3v) is 2.96. The fraction of sp³-hybridized carbons (Fsp3) is 0.0625. The largest absolute Gasteiger partial charge is 0.318 e. The topological polar surface area (TPSA) is 66.5 Å². The number of nitrogens with one attached hydrogen (secondary N) is 1. The van der Waals surface area contributed by atoms with Crippen LogP contribution in [0.15, 0.2) is 54.6 Å². The zero-order chi connectivity index (χ0) is 15.2. The molecule has 5 heteroatoms. The summed E-state index contributed by atoms with van der Waals surface area (Å²) in [6.45, 7) is 0. The van der Waals surface area contributed by atoms with Gasteiger partial charge in [0.05, 0.1) is 0 Å². The van der Waals surface area contributed by atoms with Crippen LogP contribution in [-0.2, 0) is 4.79 Å². The lowest BCUT2D eigenvalue weighted by atomic mass is 10.1. The summed E-state index contributed by atoms with van der Waals surface area (Å²) in [4.78, 5) is 35.8. The average molecular weight is 282 g/mol. The maximum absolute atomic E-state index is 12.0. The van der Waals surface area contributed by atoms with Crippen molar-refractivity contribution in [3.63, 3.8) is 0 Å². The van der Waals surface area contributed by atoms with E-state index in [-0.39, 0.29) is 0 Å². The number of anilines is 1. The number of nitrogens with zero attached hydrogens (tertiary/aromatic N) is 1. The molecule has 0 spiro atoms. The summed E-state index contributed by atoms with van der Waals surface area (Å²) < 4.78 is 0. The van der Waals surface area contributed by atoms with E-state index in [4.69, 9.17) is 0 Å². The van der Waals surface area contributed by atoms with Gasteiger partial charge in [-0.25, -0.2) is 0 Å². The number of rotatable bonds is 4. The van der Waals surface area contributed by atoms with Crippen molar-refractivity contribution in [3.8, 4) is 0 Å². The minimum Gasteiger partial charge on any atom is -0.318 e. The number of benzene rings is 2. The second-order valence-electron chi connectivity index (χ2n) is 4.41. The Morgan fingerprint density at radius 3 is 1.95 bits per heavy atom. The molecule has 0 saturated carbocycles. The van der Waals surface area contributed by atoms with Gasteiger partial charge in [0.1, 0.15) is 0 Å². The number of hydrogen-bond donors (Lipinski definition) is 1. The van der Waals surface area contributed by atoms with Gasteiger partial charge in [0, 0.05) is 23.9 Å². The highest BCUT2D eigenvalue weighted by atomic mass is 16.2. The normalized spacial score (nSPS) is 9.76. The Morgan fingerprint density at radius 2 is 1.43 bits per heavy atom. The van der Waals surface area contributed by atoms with E-state index in [0.717, 1.165) is 0 Å². The predicted molar refractivity (Wildman–Crippen MR) is 79.1 cm³/mol. The summed E-state index contributed by atoms with van der Waals surface area (Å²) in [5.41, 5.74) is 1.43. The number of carbonyl (C=O) groups excluding carboxylic acids is 3. The number of imide groups is 1. The molecular weight excluding hydrogens is 268 g/mol. The summed E-state index contributed by atoms with van der Waals surface area (Å²) in [5, 5.41) is 2.31. The van der Waals surface area contributed by atoms with Crippen LogP contribution in [0.5, 0.6) is 0 Å². The molecule has 0 heterocycles. The molecule has 1 N–H and O–H groups in total. The molecule has 21 heavy (non-hydrogen) atoms. The highest BCUT2D eigenvalue weighted by Crippen LogP contribution is 2.12. The minimum absolute atomic E-state index is 0.349. The molecule has 0 aliphatic heterocycles. The van der Waals surface area contributed by atoms with Crippen molar-refractivity contribution in [1.29, 1.82) is 0 Å². The first kappa shape index (κ1) is 14.5. The van der Waals surface area contributed by atoms with Crippen LogP contribution in [0, 0.1) is 0 Å². The highest BCUT2D eigenvalue weighted by Gasteiger charge is 2.12. The van der Waals surface area contributed by atoms with Gasteiger partial charge in [0.15, 0.2) is 0 Å². The van der Waals surface area contributed by atoms with Crippen LogP contribution in [0.3, 0.4) is 0 Å². The van der Waals surface area contributed by atoms with E-state index < -0.39 is 11.8 Å². The quantitative estimate of drug-likeness (QED) is 0.687. The molecule has 0 aromatic heterocycles. The Hall–Kier alpha value is -2.95. The fourth-order valence-corrected chi connectivity index (χ4v) is 1.75. The van der Waals surface area contributed by atoms with E-state index in [0.29, 0.717) is 23.2 Å². The molecule has 3 amide bonds. The molecule has 0 saturated heterocycles. The van der Waals surface area contributed by atoms with E-state index in [1.165, 1.54) is 4.90 Å². The Labute approximate surface area is 122 Å². The van der Waals surface area contributed by atoms with E-state index in [2.05, 4.69) is 5.32 Å². The van der Waals surface area contributed by atoms with Crippen molar-refractivity contribution in [2.45, 2.75) is 0 Å². The third-order valence-electron chi connectivity index (χ3n) is 2.96. The van der Waals surface area contributed by atoms with Crippen molar-refractivity contribution in [1.82, 2.24) is 5.32 Å². The first-order valence-corrected chi connectivity index (χ1v) is 6.31. The molecule has 0 radical (unpaired) electrons. The predicted octanol–water partition coefficient (Wildman–Crippen LogP) is 1.85. The Balaban J connectivity index is 2.07. The van der Waals surface area contributed by atoms with Crippen molar-refractivity contribution in [2.75, 3.05) is 11.9 Å². The average Bonchev–Trinajstić information content (AvgIpc) is 2.55. The second-order valence-corrected chi connectivity index (χ2v) is 4.41. The van der Waals surface area contributed by atoms with E-state index in [9.17, 15) is 14.4 Å². The van der Waals surface area contributed by atoms with Crippen LogP contribution in [0.1, 0.15) is 20.7 Å². The molecule has 5 nitrogen and oxygen atoms in total. The Kier molecular flexibility index (Phi) is 4.46. The minimum atomic E-state index is -0.482. The summed E-state index contributed by atoms with van der Waals surface area (Å²) in [5.74, 6) is -0.932. The lowest BCUT2D eigenvalue weighted by Crippen LogP contribution is -2.30. The van der Waals surface area contributed by atoms with Gasteiger partial charge in [0.25, 0.3) is 11.8 Å². The number of hydrogen-bond acceptors (Lipinski definition) is 3. The Bertz CT molecular complexity index is 651. The monoisotopic (exact) mass is 282 g/mol. The zero-order valence-corrected chi connectivity index (χ0v) is 11.4. The molecule has 2 aromatic rings. The van der Waals surface area contributed by atoms with Gasteiger partial charge in [0.2, 0.25) is 6.41 Å². The second kappa shape index (κ2) is 6.47. The summed E-state index contributed by atoms with van der Waals surface area (Å²) in [6.07, 6.45) is 0.675. The highest BCUT2D eigenvalue weighted by molar-refractivity contribution is 6.10. The zero-order valence-electron chi connectivity index (χ0n) is 11.4. The van der Waals surface area contributed by atoms with Crippen LogP contribution in [-0.4, -0.2) is 25.3 Å². The molecule has 0 atom stereocenters. The Morgan fingerprint density at radius 1 is 0.905 bits per heavy atom. The summed E-state index contributed by atoms with van der Waals surface area (Å²) in [6, 6.07) is 14.9. The lowest BCUT2D eigenvalue weighted by molar-refractivity contribution is -0.107. The lowest BCUT2D eigenvalue weighted by Gasteiger charge is -2.11. The molecule has 0 fully saturated rings. The fourth-order valence-electron chi connectivity index (χ4n) is 1.75. The van der Waals surface area contributed by atoms with Crippen LogP contribution >= 0.6 is 0 Å². The molecule has 106 valence electrons. The van der Waals surface area contributed by atoms with E-state index >= 15 is 0 Å². The summed E-state index contributed by atoms with van der Waals surface area (Å²) >= 11 is 0. The van der Waals surface area contributed by atoms with Crippen LogP contribution in [0.4, 0.5) is 5.69 Å². The van der Waals surface area contributed by atoms with Crippen LogP contribution in [0.2, 0.25) is 0 Å². The molecular formula is C16H14N2O3. The number of amides is 3. The molecule has 0 aliphatic carbocycles. The van der Waals surface area contributed by atoms with Crippen molar-refractivity contribution in [3.05, 3.63) is 65.7 Å². The van der Waals surface area contributed by atoms with Gasteiger partial charge in [-0.15, -0.1) is 0 Å². The van der Waals surface area contributed by atoms with E-state index in [1.54, 1.807) is 61.6 Å². The van der Waals surface area contributed by atoms with Gasteiger partial charge >= 0.3 is 0 Å². The maximum atomic E-state index is 12.0.